The second kappa shape index (κ2) is 9.96. The monoisotopic (exact) mass is 358 g/mol. The SMILES string of the molecule is COc1ccc(CCC2CCN(C(=O)CCC3CCNCC3)CC2)cc1. The molecule has 2 fully saturated rings. The molecule has 0 aliphatic carbocycles. The van der Waals surface area contributed by atoms with Gasteiger partial charge in [0, 0.05) is 19.5 Å². The first kappa shape index (κ1) is 19.2. The van der Waals surface area contributed by atoms with Crippen LogP contribution in [-0.2, 0) is 11.2 Å². The number of nitrogens with zero attached hydrogens (tertiary/aromatic N) is 1. The summed E-state index contributed by atoms with van der Waals surface area (Å²) in [6, 6.07) is 8.41. The molecule has 4 heteroatoms. The van der Waals surface area contributed by atoms with E-state index in [1.807, 2.05) is 12.1 Å². The van der Waals surface area contributed by atoms with Gasteiger partial charge < -0.3 is 15.0 Å². The number of methoxy groups -OCH3 is 1. The van der Waals surface area contributed by atoms with E-state index in [0.29, 0.717) is 5.91 Å². The number of carbonyl (C=O) groups is 1. The molecule has 0 bridgehead atoms. The van der Waals surface area contributed by atoms with Crippen molar-refractivity contribution in [3.8, 4) is 5.75 Å². The highest BCUT2D eigenvalue weighted by Gasteiger charge is 2.23. The Morgan fingerprint density at radius 1 is 1.04 bits per heavy atom. The van der Waals surface area contributed by atoms with Gasteiger partial charge in [-0.2, -0.15) is 0 Å². The van der Waals surface area contributed by atoms with Crippen molar-refractivity contribution in [3.05, 3.63) is 29.8 Å². The van der Waals surface area contributed by atoms with E-state index in [0.717, 1.165) is 75.9 Å². The van der Waals surface area contributed by atoms with Crippen LogP contribution in [0.15, 0.2) is 24.3 Å². The molecule has 0 saturated carbocycles. The van der Waals surface area contributed by atoms with Crippen molar-refractivity contribution in [2.45, 2.75) is 51.4 Å². The standard InChI is InChI=1S/C22H34N2O2/c1-26-21-7-4-18(5-8-21)2-3-20-12-16-24(17-13-20)22(25)9-6-19-10-14-23-15-11-19/h4-5,7-8,19-20,23H,2-3,6,9-17H2,1H3. The van der Waals surface area contributed by atoms with Gasteiger partial charge in [0.05, 0.1) is 7.11 Å². The molecule has 2 heterocycles. The van der Waals surface area contributed by atoms with Crippen LogP contribution in [0.25, 0.3) is 0 Å². The minimum Gasteiger partial charge on any atom is -0.497 e. The maximum absolute atomic E-state index is 12.5. The van der Waals surface area contributed by atoms with Crippen LogP contribution in [0.3, 0.4) is 0 Å². The summed E-state index contributed by atoms with van der Waals surface area (Å²) in [5, 5.41) is 3.40. The lowest BCUT2D eigenvalue weighted by Gasteiger charge is -2.32. The van der Waals surface area contributed by atoms with E-state index >= 15 is 0 Å². The molecule has 0 unspecified atom stereocenters. The maximum Gasteiger partial charge on any atom is 0.222 e. The van der Waals surface area contributed by atoms with E-state index in [-0.39, 0.29) is 0 Å². The molecule has 0 atom stereocenters. The first-order chi connectivity index (χ1) is 12.7. The molecule has 1 N–H and O–H groups in total. The highest BCUT2D eigenvalue weighted by Crippen LogP contribution is 2.25. The maximum atomic E-state index is 12.5. The molecule has 2 aliphatic heterocycles. The fraction of sp³-hybridized carbons (Fsp3) is 0.682. The van der Waals surface area contributed by atoms with E-state index in [1.54, 1.807) is 7.11 Å². The molecule has 4 nitrogen and oxygen atoms in total. The van der Waals surface area contributed by atoms with Gasteiger partial charge in [0.25, 0.3) is 0 Å². The molecule has 2 saturated heterocycles. The Balaban J connectivity index is 1.33. The van der Waals surface area contributed by atoms with Crippen LogP contribution in [0, 0.1) is 11.8 Å². The Labute approximate surface area is 158 Å². The van der Waals surface area contributed by atoms with Crippen molar-refractivity contribution in [1.29, 1.82) is 0 Å². The number of piperidine rings is 2. The second-order valence-corrected chi connectivity index (χ2v) is 7.94. The van der Waals surface area contributed by atoms with E-state index in [2.05, 4.69) is 22.3 Å². The summed E-state index contributed by atoms with van der Waals surface area (Å²) < 4.78 is 5.22. The van der Waals surface area contributed by atoms with Crippen molar-refractivity contribution in [2.75, 3.05) is 33.3 Å². The average molecular weight is 359 g/mol. The van der Waals surface area contributed by atoms with Crippen molar-refractivity contribution in [2.24, 2.45) is 11.8 Å². The first-order valence-corrected chi connectivity index (χ1v) is 10.4. The number of carbonyl (C=O) groups excluding carboxylic acids is 1. The summed E-state index contributed by atoms with van der Waals surface area (Å²) in [6.45, 7) is 4.16. The van der Waals surface area contributed by atoms with Crippen LogP contribution in [0.4, 0.5) is 0 Å². The molecule has 1 amide bonds. The third-order valence-corrected chi connectivity index (χ3v) is 6.19. The smallest absolute Gasteiger partial charge is 0.222 e. The molecule has 0 spiro atoms. The van der Waals surface area contributed by atoms with Gasteiger partial charge in [0.2, 0.25) is 5.91 Å². The second-order valence-electron chi connectivity index (χ2n) is 7.94. The van der Waals surface area contributed by atoms with Crippen LogP contribution in [0.2, 0.25) is 0 Å². The van der Waals surface area contributed by atoms with E-state index < -0.39 is 0 Å². The largest absolute Gasteiger partial charge is 0.497 e. The van der Waals surface area contributed by atoms with Crippen molar-refractivity contribution >= 4 is 5.91 Å². The van der Waals surface area contributed by atoms with Gasteiger partial charge in [-0.1, -0.05) is 12.1 Å². The lowest BCUT2D eigenvalue weighted by Crippen LogP contribution is -2.39. The molecule has 0 radical (unpaired) electrons. The lowest BCUT2D eigenvalue weighted by atomic mass is 9.89. The Morgan fingerprint density at radius 2 is 1.69 bits per heavy atom. The number of nitrogens with one attached hydrogen (secondary N) is 1. The van der Waals surface area contributed by atoms with Gasteiger partial charge in [-0.05, 0) is 87.6 Å². The fourth-order valence-electron chi connectivity index (χ4n) is 4.29. The molecule has 26 heavy (non-hydrogen) atoms. The predicted octanol–water partition coefficient (Wildman–Crippen LogP) is 3.65. The zero-order valence-electron chi connectivity index (χ0n) is 16.2. The van der Waals surface area contributed by atoms with Gasteiger partial charge in [0.15, 0.2) is 0 Å². The van der Waals surface area contributed by atoms with Crippen molar-refractivity contribution in [3.63, 3.8) is 0 Å². The van der Waals surface area contributed by atoms with Crippen LogP contribution < -0.4 is 10.1 Å². The summed E-state index contributed by atoms with van der Waals surface area (Å²) in [5.74, 6) is 2.81. The number of rotatable bonds is 7. The zero-order valence-corrected chi connectivity index (χ0v) is 16.2. The van der Waals surface area contributed by atoms with Crippen LogP contribution >= 0.6 is 0 Å². The molecule has 3 rings (SSSR count). The third-order valence-electron chi connectivity index (χ3n) is 6.19. The number of benzene rings is 1. The Bertz CT molecular complexity index is 544. The predicted molar refractivity (Wildman–Crippen MR) is 105 cm³/mol. The van der Waals surface area contributed by atoms with Gasteiger partial charge in [-0.15, -0.1) is 0 Å². The van der Waals surface area contributed by atoms with E-state index in [1.165, 1.54) is 24.8 Å². The summed E-state index contributed by atoms with van der Waals surface area (Å²) in [7, 11) is 1.70. The van der Waals surface area contributed by atoms with Gasteiger partial charge in [-0.25, -0.2) is 0 Å². The average Bonchev–Trinajstić information content (AvgIpc) is 2.72. The molecule has 144 valence electrons. The lowest BCUT2D eigenvalue weighted by molar-refractivity contribution is -0.133. The quantitative estimate of drug-likeness (QED) is 0.809. The van der Waals surface area contributed by atoms with E-state index in [9.17, 15) is 4.79 Å². The number of aryl methyl sites for hydroxylation is 1. The van der Waals surface area contributed by atoms with Gasteiger partial charge in [-0.3, -0.25) is 4.79 Å². The fourth-order valence-corrected chi connectivity index (χ4v) is 4.29. The summed E-state index contributed by atoms with van der Waals surface area (Å²) in [6.07, 6.45) is 8.98. The summed E-state index contributed by atoms with van der Waals surface area (Å²) >= 11 is 0. The molecule has 1 aromatic carbocycles. The Morgan fingerprint density at radius 3 is 2.35 bits per heavy atom. The van der Waals surface area contributed by atoms with E-state index in [4.69, 9.17) is 4.74 Å². The van der Waals surface area contributed by atoms with Crippen LogP contribution in [0.5, 0.6) is 5.75 Å². The van der Waals surface area contributed by atoms with Crippen molar-refractivity contribution in [1.82, 2.24) is 10.2 Å². The molecular weight excluding hydrogens is 324 g/mol. The minimum absolute atomic E-state index is 0.386. The van der Waals surface area contributed by atoms with Gasteiger partial charge >= 0.3 is 0 Å². The minimum atomic E-state index is 0.386. The zero-order chi connectivity index (χ0) is 18.2. The highest BCUT2D eigenvalue weighted by atomic mass is 16.5. The number of hydrogen-bond acceptors (Lipinski definition) is 3. The van der Waals surface area contributed by atoms with Gasteiger partial charge in [0.1, 0.15) is 5.75 Å². The first-order valence-electron chi connectivity index (χ1n) is 10.4. The number of hydrogen-bond donors (Lipinski definition) is 1. The molecule has 0 aromatic heterocycles. The summed E-state index contributed by atoms with van der Waals surface area (Å²) in [4.78, 5) is 14.6. The van der Waals surface area contributed by atoms with Crippen LogP contribution in [-0.4, -0.2) is 44.1 Å². The number of likely N-dealkylation sites (tertiary alicyclic amines) is 1. The van der Waals surface area contributed by atoms with Crippen LogP contribution in [0.1, 0.15) is 50.5 Å². The topological polar surface area (TPSA) is 41.6 Å². The van der Waals surface area contributed by atoms with Crippen molar-refractivity contribution < 1.29 is 9.53 Å². The third kappa shape index (κ3) is 5.73. The Kier molecular flexibility index (Phi) is 7.36. The molecule has 1 aromatic rings. The highest BCUT2D eigenvalue weighted by molar-refractivity contribution is 5.76. The summed E-state index contributed by atoms with van der Waals surface area (Å²) in [5.41, 5.74) is 1.38. The Hall–Kier alpha value is -1.55. The normalized spacial score (nSPS) is 19.5. The number of ether oxygens (including phenoxy) is 1. The molecular formula is C22H34N2O2. The number of amides is 1. The molecule has 2 aliphatic rings.